The standard InChI is InChI=1S/C19H15FN2O3S2/c1-26-15-4-2-3-14(10-15)21-17(23)11-22-18(24)16(27-19(22)25)9-12-5-7-13(20)8-6-12/h2-10H,11H2,1H3,(H,21,23)/b16-9+. The number of nitrogens with one attached hydrogen (secondary N) is 1. The van der Waals surface area contributed by atoms with E-state index in [1.807, 2.05) is 24.5 Å². The van der Waals surface area contributed by atoms with Gasteiger partial charge in [0.05, 0.1) is 4.91 Å². The summed E-state index contributed by atoms with van der Waals surface area (Å²) >= 11 is 2.30. The Bertz CT molecular complexity index is 929. The molecule has 1 N–H and O–H groups in total. The van der Waals surface area contributed by atoms with Gasteiger partial charge in [-0.2, -0.15) is 0 Å². The smallest absolute Gasteiger partial charge is 0.294 e. The highest BCUT2D eigenvalue weighted by molar-refractivity contribution is 8.18. The van der Waals surface area contributed by atoms with Crippen molar-refractivity contribution >= 4 is 52.3 Å². The lowest BCUT2D eigenvalue weighted by molar-refractivity contribution is -0.127. The summed E-state index contributed by atoms with van der Waals surface area (Å²) in [5, 5.41) is 2.17. The second kappa shape index (κ2) is 8.41. The molecule has 1 saturated heterocycles. The number of carbonyl (C=O) groups is 3. The molecule has 1 heterocycles. The van der Waals surface area contributed by atoms with E-state index >= 15 is 0 Å². The normalized spacial score (nSPS) is 15.5. The van der Waals surface area contributed by atoms with Gasteiger partial charge >= 0.3 is 0 Å². The van der Waals surface area contributed by atoms with E-state index in [-0.39, 0.29) is 17.3 Å². The maximum absolute atomic E-state index is 13.0. The summed E-state index contributed by atoms with van der Waals surface area (Å²) in [6, 6.07) is 12.8. The van der Waals surface area contributed by atoms with Crippen LogP contribution in [0.4, 0.5) is 14.9 Å². The van der Waals surface area contributed by atoms with Crippen molar-refractivity contribution in [2.75, 3.05) is 18.1 Å². The van der Waals surface area contributed by atoms with Crippen LogP contribution in [0.25, 0.3) is 6.08 Å². The van der Waals surface area contributed by atoms with Gasteiger partial charge in [-0.15, -0.1) is 11.8 Å². The number of nitrogens with zero attached hydrogens (tertiary/aromatic N) is 1. The summed E-state index contributed by atoms with van der Waals surface area (Å²) in [7, 11) is 0. The lowest BCUT2D eigenvalue weighted by Gasteiger charge is -2.12. The Balaban J connectivity index is 1.68. The number of halogens is 1. The third-order valence-electron chi connectivity index (χ3n) is 3.70. The van der Waals surface area contributed by atoms with E-state index in [4.69, 9.17) is 0 Å². The number of rotatable bonds is 5. The van der Waals surface area contributed by atoms with Gasteiger partial charge in [0.2, 0.25) is 5.91 Å². The summed E-state index contributed by atoms with van der Waals surface area (Å²) < 4.78 is 13.0. The highest BCUT2D eigenvalue weighted by Gasteiger charge is 2.36. The molecule has 0 aliphatic carbocycles. The molecule has 8 heteroatoms. The van der Waals surface area contributed by atoms with E-state index in [0.29, 0.717) is 11.3 Å². The maximum atomic E-state index is 13.0. The highest BCUT2D eigenvalue weighted by Crippen LogP contribution is 2.32. The molecule has 1 aliphatic rings. The van der Waals surface area contributed by atoms with Crippen LogP contribution in [0.2, 0.25) is 0 Å². The monoisotopic (exact) mass is 402 g/mol. The van der Waals surface area contributed by atoms with Crippen molar-refractivity contribution in [1.82, 2.24) is 4.90 Å². The van der Waals surface area contributed by atoms with E-state index in [9.17, 15) is 18.8 Å². The molecule has 0 saturated carbocycles. The number of benzene rings is 2. The molecule has 0 aromatic heterocycles. The summed E-state index contributed by atoms with van der Waals surface area (Å²) in [6.45, 7) is -0.366. The Morgan fingerprint density at radius 3 is 2.67 bits per heavy atom. The van der Waals surface area contributed by atoms with Gasteiger partial charge in [-0.25, -0.2) is 4.39 Å². The van der Waals surface area contributed by atoms with E-state index in [2.05, 4.69) is 5.32 Å². The van der Waals surface area contributed by atoms with Gasteiger partial charge in [0.1, 0.15) is 12.4 Å². The van der Waals surface area contributed by atoms with Gasteiger partial charge in [-0.1, -0.05) is 18.2 Å². The zero-order valence-electron chi connectivity index (χ0n) is 14.3. The second-order valence-electron chi connectivity index (χ2n) is 5.60. The maximum Gasteiger partial charge on any atom is 0.294 e. The Morgan fingerprint density at radius 2 is 1.96 bits per heavy atom. The van der Waals surface area contributed by atoms with Crippen LogP contribution in [0.3, 0.4) is 0 Å². The van der Waals surface area contributed by atoms with Crippen LogP contribution in [-0.2, 0) is 9.59 Å². The molecular weight excluding hydrogens is 387 g/mol. The predicted octanol–water partition coefficient (Wildman–Crippen LogP) is 4.22. The van der Waals surface area contributed by atoms with Crippen LogP contribution in [0, 0.1) is 5.82 Å². The second-order valence-corrected chi connectivity index (χ2v) is 7.47. The number of hydrogen-bond acceptors (Lipinski definition) is 5. The van der Waals surface area contributed by atoms with Crippen molar-refractivity contribution in [3.8, 4) is 0 Å². The van der Waals surface area contributed by atoms with Gasteiger partial charge in [-0.3, -0.25) is 19.3 Å². The van der Waals surface area contributed by atoms with Crippen molar-refractivity contribution in [3.05, 3.63) is 64.8 Å². The van der Waals surface area contributed by atoms with Crippen molar-refractivity contribution in [2.45, 2.75) is 4.90 Å². The molecule has 138 valence electrons. The van der Waals surface area contributed by atoms with Gasteiger partial charge in [0, 0.05) is 10.6 Å². The molecule has 0 radical (unpaired) electrons. The minimum Gasteiger partial charge on any atom is -0.324 e. The third kappa shape index (κ3) is 4.78. The van der Waals surface area contributed by atoms with Crippen molar-refractivity contribution in [3.63, 3.8) is 0 Å². The molecule has 2 aromatic carbocycles. The van der Waals surface area contributed by atoms with Crippen molar-refractivity contribution < 1.29 is 18.8 Å². The Morgan fingerprint density at radius 1 is 1.22 bits per heavy atom. The minimum absolute atomic E-state index is 0.198. The first-order chi connectivity index (χ1) is 13.0. The van der Waals surface area contributed by atoms with Gasteiger partial charge in [0.25, 0.3) is 11.1 Å². The zero-order valence-corrected chi connectivity index (χ0v) is 15.9. The highest BCUT2D eigenvalue weighted by atomic mass is 32.2. The number of anilines is 1. The summed E-state index contributed by atoms with van der Waals surface area (Å²) in [6.07, 6.45) is 3.43. The summed E-state index contributed by atoms with van der Waals surface area (Å²) in [5.41, 5.74) is 1.20. The first-order valence-electron chi connectivity index (χ1n) is 7.91. The van der Waals surface area contributed by atoms with Crippen LogP contribution in [-0.4, -0.2) is 34.8 Å². The number of amides is 3. The van der Waals surface area contributed by atoms with E-state index in [1.54, 1.807) is 17.8 Å². The van der Waals surface area contributed by atoms with Gasteiger partial charge in [-0.05, 0) is 60.0 Å². The van der Waals surface area contributed by atoms with E-state index < -0.39 is 17.1 Å². The third-order valence-corrected chi connectivity index (χ3v) is 5.33. The van der Waals surface area contributed by atoms with Crippen LogP contribution in [0.5, 0.6) is 0 Å². The molecule has 0 unspecified atom stereocenters. The molecule has 0 spiro atoms. The Hall–Kier alpha value is -2.58. The average Bonchev–Trinajstić information content (AvgIpc) is 2.91. The lowest BCUT2D eigenvalue weighted by atomic mass is 10.2. The molecule has 1 fully saturated rings. The number of carbonyl (C=O) groups excluding carboxylic acids is 3. The predicted molar refractivity (Wildman–Crippen MR) is 106 cm³/mol. The lowest BCUT2D eigenvalue weighted by Crippen LogP contribution is -2.36. The number of hydrogen-bond donors (Lipinski definition) is 1. The van der Waals surface area contributed by atoms with Crippen molar-refractivity contribution in [1.29, 1.82) is 0 Å². The van der Waals surface area contributed by atoms with E-state index in [0.717, 1.165) is 21.6 Å². The van der Waals surface area contributed by atoms with Gasteiger partial charge in [0.15, 0.2) is 0 Å². The largest absolute Gasteiger partial charge is 0.324 e. The summed E-state index contributed by atoms with van der Waals surface area (Å²) in [5.74, 6) is -1.39. The van der Waals surface area contributed by atoms with Gasteiger partial charge < -0.3 is 5.32 Å². The Kier molecular flexibility index (Phi) is 5.98. The molecule has 27 heavy (non-hydrogen) atoms. The zero-order chi connectivity index (χ0) is 19.4. The fraction of sp³-hybridized carbons (Fsp3) is 0.105. The minimum atomic E-state index is -0.540. The SMILES string of the molecule is CSc1cccc(NC(=O)CN2C(=O)S/C(=C/c3ccc(F)cc3)C2=O)c1. The molecular formula is C19H15FN2O3S2. The van der Waals surface area contributed by atoms with E-state index in [1.165, 1.54) is 30.3 Å². The quantitative estimate of drug-likeness (QED) is 0.599. The molecule has 2 aromatic rings. The van der Waals surface area contributed by atoms with Crippen LogP contribution in [0.15, 0.2) is 58.3 Å². The fourth-order valence-corrected chi connectivity index (χ4v) is 3.69. The molecule has 3 amide bonds. The first-order valence-corrected chi connectivity index (χ1v) is 9.95. The number of thioether (sulfide) groups is 2. The molecule has 0 atom stereocenters. The molecule has 1 aliphatic heterocycles. The van der Waals surface area contributed by atoms with Crippen LogP contribution >= 0.6 is 23.5 Å². The molecule has 3 rings (SSSR count). The summed E-state index contributed by atoms with van der Waals surface area (Å²) in [4.78, 5) is 38.9. The van der Waals surface area contributed by atoms with Crippen LogP contribution in [0.1, 0.15) is 5.56 Å². The van der Waals surface area contributed by atoms with Crippen LogP contribution < -0.4 is 5.32 Å². The topological polar surface area (TPSA) is 66.5 Å². The molecule has 5 nitrogen and oxygen atoms in total. The first kappa shape index (κ1) is 19.2. The average molecular weight is 402 g/mol. The van der Waals surface area contributed by atoms with Crippen molar-refractivity contribution in [2.24, 2.45) is 0 Å². The Labute approximate surface area is 164 Å². The molecule has 0 bridgehead atoms. The fourth-order valence-electron chi connectivity index (χ4n) is 2.39. The number of imide groups is 1.